The number of benzene rings is 1. The number of rotatable bonds is 8. The number of nitrogens with zero attached hydrogens (tertiary/aromatic N) is 2. The van der Waals surface area contributed by atoms with Crippen molar-refractivity contribution >= 4 is 45.7 Å². The molecule has 3 rings (SSSR count). The highest BCUT2D eigenvalue weighted by atomic mass is 32.1. The molecule has 33 heavy (non-hydrogen) atoms. The molecule has 0 spiro atoms. The molecule has 174 valence electrons. The minimum Gasteiger partial charge on any atom is -0.465 e. The van der Waals surface area contributed by atoms with Crippen LogP contribution in [0, 0.1) is 5.92 Å². The van der Waals surface area contributed by atoms with Gasteiger partial charge in [-0.15, -0.1) is 11.3 Å². The molecule has 0 bridgehead atoms. The third kappa shape index (κ3) is 5.11. The summed E-state index contributed by atoms with van der Waals surface area (Å²) in [6, 6.07) is 7.27. The van der Waals surface area contributed by atoms with Gasteiger partial charge in [-0.3, -0.25) is 14.6 Å². The first-order valence-corrected chi connectivity index (χ1v) is 11.4. The number of carbonyl (C=O) groups excluding carboxylic acids is 3. The van der Waals surface area contributed by atoms with E-state index >= 15 is 0 Å². The molecule has 0 saturated carbocycles. The molecule has 0 saturated heterocycles. The number of amides is 1. The molecular formula is C23H26N4O5S. The number of hydrogen-bond donors (Lipinski definition) is 2. The van der Waals surface area contributed by atoms with Crippen molar-refractivity contribution in [3.63, 3.8) is 0 Å². The molecule has 1 aromatic heterocycles. The Bertz CT molecular complexity index is 1140. The lowest BCUT2D eigenvalue weighted by molar-refractivity contribution is -0.146. The molecule has 2 unspecified atom stereocenters. The van der Waals surface area contributed by atoms with Crippen molar-refractivity contribution in [2.24, 2.45) is 16.6 Å². The molecular weight excluding hydrogens is 444 g/mol. The third-order valence-electron chi connectivity index (χ3n) is 5.16. The number of allylic oxidation sites excluding steroid dienone is 1. The second kappa shape index (κ2) is 10.4. The van der Waals surface area contributed by atoms with Crippen LogP contribution in [0.5, 0.6) is 0 Å². The molecule has 0 fully saturated rings. The van der Waals surface area contributed by atoms with E-state index in [0.717, 1.165) is 0 Å². The molecule has 2 heterocycles. The lowest BCUT2D eigenvalue weighted by atomic mass is 9.75. The fraction of sp³-hybridized carbons (Fsp3) is 0.348. The smallest absolute Gasteiger partial charge is 0.336 e. The number of thiazole rings is 1. The van der Waals surface area contributed by atoms with Crippen LogP contribution in [0.4, 0.5) is 10.8 Å². The fourth-order valence-corrected chi connectivity index (χ4v) is 4.54. The van der Waals surface area contributed by atoms with Gasteiger partial charge in [-0.1, -0.05) is 18.2 Å². The molecule has 1 aliphatic rings. The van der Waals surface area contributed by atoms with E-state index in [4.69, 9.17) is 15.2 Å². The number of carbonyl (C=O) groups is 3. The maximum Gasteiger partial charge on any atom is 0.336 e. The number of anilines is 2. The predicted molar refractivity (Wildman–Crippen MR) is 126 cm³/mol. The van der Waals surface area contributed by atoms with Gasteiger partial charge < -0.3 is 20.5 Å². The Balaban J connectivity index is 2.14. The zero-order valence-corrected chi connectivity index (χ0v) is 19.7. The molecule has 1 amide bonds. The van der Waals surface area contributed by atoms with Crippen LogP contribution in [-0.4, -0.2) is 41.8 Å². The molecule has 9 nitrogen and oxygen atoms in total. The Morgan fingerprint density at radius 2 is 1.82 bits per heavy atom. The fourth-order valence-electron chi connectivity index (χ4n) is 3.83. The minimum atomic E-state index is -0.812. The largest absolute Gasteiger partial charge is 0.465 e. The van der Waals surface area contributed by atoms with Gasteiger partial charge in [-0.2, -0.15) is 0 Å². The first-order chi connectivity index (χ1) is 15.8. The molecule has 2 atom stereocenters. The van der Waals surface area contributed by atoms with Gasteiger partial charge in [0.05, 0.1) is 18.8 Å². The normalized spacial score (nSPS) is 17.9. The number of aromatic nitrogens is 1. The molecule has 0 radical (unpaired) electrons. The summed E-state index contributed by atoms with van der Waals surface area (Å²) >= 11 is 1.22. The Hall–Kier alpha value is -3.53. The average molecular weight is 471 g/mol. The van der Waals surface area contributed by atoms with E-state index in [9.17, 15) is 14.4 Å². The van der Waals surface area contributed by atoms with Gasteiger partial charge in [-0.05, 0) is 39.3 Å². The Morgan fingerprint density at radius 1 is 1.12 bits per heavy atom. The van der Waals surface area contributed by atoms with Gasteiger partial charge in [0.25, 0.3) is 5.91 Å². The third-order valence-corrected chi connectivity index (χ3v) is 5.92. The van der Waals surface area contributed by atoms with E-state index < -0.39 is 29.7 Å². The molecule has 1 aromatic carbocycles. The second-order valence-corrected chi connectivity index (χ2v) is 8.15. The Labute approximate surface area is 195 Å². The van der Waals surface area contributed by atoms with E-state index in [2.05, 4.69) is 15.3 Å². The van der Waals surface area contributed by atoms with Gasteiger partial charge in [0.2, 0.25) is 0 Å². The van der Waals surface area contributed by atoms with Gasteiger partial charge >= 0.3 is 11.9 Å². The Kier molecular flexibility index (Phi) is 7.59. The van der Waals surface area contributed by atoms with Crippen LogP contribution in [0.2, 0.25) is 0 Å². The van der Waals surface area contributed by atoms with E-state index in [-0.39, 0.29) is 18.9 Å². The quantitative estimate of drug-likeness (QED) is 0.564. The van der Waals surface area contributed by atoms with Crippen molar-refractivity contribution in [3.8, 4) is 0 Å². The van der Waals surface area contributed by atoms with Crippen LogP contribution < -0.4 is 11.1 Å². The zero-order valence-electron chi connectivity index (χ0n) is 18.9. The number of hydrogen-bond acceptors (Lipinski definition) is 9. The summed E-state index contributed by atoms with van der Waals surface area (Å²) in [5, 5.41) is 5.19. The lowest BCUT2D eigenvalue weighted by Crippen LogP contribution is -2.36. The topological polar surface area (TPSA) is 133 Å². The maximum atomic E-state index is 13.0. The number of aliphatic imine (C=N–C) groups is 1. The number of nitrogens with two attached hydrogens (primary N) is 1. The van der Waals surface area contributed by atoms with E-state index in [1.165, 1.54) is 11.3 Å². The summed E-state index contributed by atoms with van der Waals surface area (Å²) in [6.45, 7) is 7.29. The highest BCUT2D eigenvalue weighted by Gasteiger charge is 2.43. The van der Waals surface area contributed by atoms with E-state index in [0.29, 0.717) is 33.4 Å². The second-order valence-electron chi connectivity index (χ2n) is 7.29. The molecule has 1 aliphatic heterocycles. The summed E-state index contributed by atoms with van der Waals surface area (Å²) in [7, 11) is 0. The van der Waals surface area contributed by atoms with Gasteiger partial charge in [0.1, 0.15) is 11.6 Å². The minimum absolute atomic E-state index is 0.146. The monoisotopic (exact) mass is 470 g/mol. The van der Waals surface area contributed by atoms with Crippen LogP contribution in [0.15, 0.2) is 45.9 Å². The molecule has 0 aliphatic carbocycles. The number of para-hydroxylation sites is 1. The highest BCUT2D eigenvalue weighted by molar-refractivity contribution is 7.14. The highest BCUT2D eigenvalue weighted by Crippen LogP contribution is 2.43. The van der Waals surface area contributed by atoms with E-state index in [1.807, 2.05) is 24.3 Å². The SMILES string of the molecule is CCOC(=O)C1=C(C)N=C(C)C(C(=O)OCC)C1c1ccccc1Nc1nc(C(N)=O)cs1. The van der Waals surface area contributed by atoms with Crippen LogP contribution in [0.25, 0.3) is 0 Å². The van der Waals surface area contributed by atoms with E-state index in [1.54, 1.807) is 33.1 Å². The first kappa shape index (κ1) is 24.1. The van der Waals surface area contributed by atoms with Gasteiger partial charge in [0, 0.05) is 28.4 Å². The number of primary amides is 1. The summed E-state index contributed by atoms with van der Waals surface area (Å²) in [5.74, 6) is -3.14. The summed E-state index contributed by atoms with van der Waals surface area (Å²) in [6.07, 6.45) is 0. The average Bonchev–Trinajstić information content (AvgIpc) is 3.23. The number of ether oxygens (including phenoxy) is 2. The van der Waals surface area contributed by atoms with Crippen molar-refractivity contribution in [1.82, 2.24) is 4.98 Å². The van der Waals surface area contributed by atoms with Crippen molar-refractivity contribution in [1.29, 1.82) is 0 Å². The standard InChI is InChI=1S/C23H26N4O5S/c1-5-31-21(29)17-12(3)25-13(4)18(22(30)32-6-2)19(17)14-9-7-8-10-15(14)26-23-27-16(11-33-23)20(24)28/h7-11,17,19H,5-6H2,1-4H3,(H2,24,28)(H,26,27). The van der Waals surface area contributed by atoms with Crippen LogP contribution in [0.1, 0.15) is 49.7 Å². The summed E-state index contributed by atoms with van der Waals surface area (Å²) in [5.41, 5.74) is 8.07. The number of esters is 2. The van der Waals surface area contributed by atoms with Crippen LogP contribution in [0.3, 0.4) is 0 Å². The molecule has 3 N–H and O–H groups in total. The Morgan fingerprint density at radius 3 is 2.45 bits per heavy atom. The summed E-state index contributed by atoms with van der Waals surface area (Å²) in [4.78, 5) is 46.1. The van der Waals surface area contributed by atoms with Crippen molar-refractivity contribution < 1.29 is 23.9 Å². The van der Waals surface area contributed by atoms with Gasteiger partial charge in [-0.25, -0.2) is 9.78 Å². The molecule has 2 aromatic rings. The van der Waals surface area contributed by atoms with Crippen molar-refractivity contribution in [2.45, 2.75) is 33.6 Å². The van der Waals surface area contributed by atoms with Crippen LogP contribution in [-0.2, 0) is 19.1 Å². The number of nitrogens with one attached hydrogen (secondary N) is 1. The summed E-state index contributed by atoms with van der Waals surface area (Å²) < 4.78 is 10.7. The van der Waals surface area contributed by atoms with Gasteiger partial charge in [0.15, 0.2) is 5.13 Å². The zero-order chi connectivity index (χ0) is 24.1. The lowest BCUT2D eigenvalue weighted by Gasteiger charge is -2.32. The van der Waals surface area contributed by atoms with Crippen molar-refractivity contribution in [2.75, 3.05) is 18.5 Å². The predicted octanol–water partition coefficient (Wildman–Crippen LogP) is 3.56. The van der Waals surface area contributed by atoms with Crippen LogP contribution >= 0.6 is 11.3 Å². The molecule has 10 heteroatoms. The first-order valence-electron chi connectivity index (χ1n) is 10.5. The maximum absolute atomic E-state index is 13.0. The van der Waals surface area contributed by atoms with Crippen molar-refractivity contribution in [3.05, 3.63) is 52.2 Å².